The van der Waals surface area contributed by atoms with E-state index in [2.05, 4.69) is 20.8 Å². The van der Waals surface area contributed by atoms with Crippen LogP contribution in [0.3, 0.4) is 0 Å². The first-order valence-electron chi connectivity index (χ1n) is 6.41. The number of rotatable bonds is 5. The summed E-state index contributed by atoms with van der Waals surface area (Å²) >= 11 is 0. The molecule has 0 saturated carbocycles. The molecular formula is C15H13FN4O2. The largest absolute Gasteiger partial charge is 0.343 e. The number of nitrogens with one attached hydrogen (secondary N) is 2. The zero-order valence-corrected chi connectivity index (χ0v) is 11.5. The first-order chi connectivity index (χ1) is 10.6. The Morgan fingerprint density at radius 3 is 2.50 bits per heavy atom. The number of pyridine rings is 1. The molecule has 112 valence electrons. The van der Waals surface area contributed by atoms with E-state index in [0.29, 0.717) is 0 Å². The fraction of sp³-hybridized carbons (Fsp3) is 0.0667. The molecule has 2 rings (SSSR count). The van der Waals surface area contributed by atoms with E-state index in [9.17, 15) is 14.0 Å². The Kier molecular flexibility index (Phi) is 5.31. The third-order valence-electron chi connectivity index (χ3n) is 2.62. The van der Waals surface area contributed by atoms with Crippen molar-refractivity contribution in [3.8, 4) is 0 Å². The van der Waals surface area contributed by atoms with Gasteiger partial charge in [-0.25, -0.2) is 9.82 Å². The van der Waals surface area contributed by atoms with E-state index in [1.165, 1.54) is 30.5 Å². The van der Waals surface area contributed by atoms with E-state index >= 15 is 0 Å². The molecule has 0 aliphatic heterocycles. The van der Waals surface area contributed by atoms with E-state index in [1.54, 1.807) is 24.5 Å². The molecule has 0 unspecified atom stereocenters. The molecule has 22 heavy (non-hydrogen) atoms. The van der Waals surface area contributed by atoms with Gasteiger partial charge >= 0.3 is 0 Å². The Hall–Kier alpha value is -3.09. The van der Waals surface area contributed by atoms with Gasteiger partial charge in [-0.05, 0) is 42.0 Å². The van der Waals surface area contributed by atoms with Crippen LogP contribution in [-0.4, -0.2) is 29.6 Å². The summed E-state index contributed by atoms with van der Waals surface area (Å²) in [4.78, 5) is 27.1. The fourth-order valence-corrected chi connectivity index (χ4v) is 1.53. The molecule has 2 amide bonds. The normalized spacial score (nSPS) is 10.4. The minimum absolute atomic E-state index is 0.232. The monoisotopic (exact) mass is 300 g/mol. The van der Waals surface area contributed by atoms with E-state index in [-0.39, 0.29) is 12.1 Å². The molecule has 2 aromatic rings. The molecule has 0 saturated heterocycles. The molecule has 2 N–H and O–H groups in total. The number of hydrazone groups is 1. The molecular weight excluding hydrogens is 287 g/mol. The zero-order valence-electron chi connectivity index (χ0n) is 11.5. The Bertz CT molecular complexity index is 672. The number of halogens is 1. The van der Waals surface area contributed by atoms with Gasteiger partial charge in [0.1, 0.15) is 5.82 Å². The maximum Gasteiger partial charge on any atom is 0.259 e. The quantitative estimate of drug-likeness (QED) is 0.640. The second-order valence-corrected chi connectivity index (χ2v) is 4.26. The minimum Gasteiger partial charge on any atom is -0.343 e. The summed E-state index contributed by atoms with van der Waals surface area (Å²) in [5.74, 6) is -1.37. The Labute approximate surface area is 126 Å². The van der Waals surface area contributed by atoms with E-state index < -0.39 is 17.6 Å². The van der Waals surface area contributed by atoms with Crippen molar-refractivity contribution in [1.29, 1.82) is 0 Å². The van der Waals surface area contributed by atoms with Gasteiger partial charge in [0, 0.05) is 18.0 Å². The summed E-state index contributed by atoms with van der Waals surface area (Å²) in [5, 5.41) is 6.16. The van der Waals surface area contributed by atoms with Gasteiger partial charge in [-0.1, -0.05) is 0 Å². The van der Waals surface area contributed by atoms with Crippen molar-refractivity contribution >= 4 is 18.0 Å². The van der Waals surface area contributed by atoms with E-state index in [4.69, 9.17) is 0 Å². The van der Waals surface area contributed by atoms with Gasteiger partial charge in [0.05, 0.1) is 12.8 Å². The molecule has 1 aromatic carbocycles. The number of hydrogen-bond donors (Lipinski definition) is 2. The van der Waals surface area contributed by atoms with E-state index in [0.717, 1.165) is 5.56 Å². The summed E-state index contributed by atoms with van der Waals surface area (Å²) in [5.41, 5.74) is 3.34. The summed E-state index contributed by atoms with van der Waals surface area (Å²) in [6.45, 7) is -0.232. The third-order valence-corrected chi connectivity index (χ3v) is 2.62. The van der Waals surface area contributed by atoms with Crippen molar-refractivity contribution in [2.24, 2.45) is 5.10 Å². The first kappa shape index (κ1) is 15.3. The lowest BCUT2D eigenvalue weighted by molar-refractivity contribution is -0.120. The zero-order chi connectivity index (χ0) is 15.8. The molecule has 0 bridgehead atoms. The maximum absolute atomic E-state index is 12.7. The van der Waals surface area contributed by atoms with Gasteiger partial charge in [-0.15, -0.1) is 0 Å². The number of nitrogens with zero attached hydrogens (tertiary/aromatic N) is 2. The van der Waals surface area contributed by atoms with Crippen LogP contribution in [0.5, 0.6) is 0 Å². The van der Waals surface area contributed by atoms with Crippen molar-refractivity contribution in [1.82, 2.24) is 15.7 Å². The Morgan fingerprint density at radius 1 is 1.14 bits per heavy atom. The predicted octanol–water partition coefficient (Wildman–Crippen LogP) is 1.10. The van der Waals surface area contributed by atoms with Crippen LogP contribution in [0.4, 0.5) is 4.39 Å². The molecule has 0 radical (unpaired) electrons. The standard InChI is InChI=1S/C15H13FN4O2/c16-13-3-1-12(2-4-13)15(22)18-10-14(21)20-19-9-11-5-7-17-8-6-11/h1-9H,10H2,(H,18,22)(H,20,21)/b19-9-. The number of amides is 2. The fourth-order valence-electron chi connectivity index (χ4n) is 1.53. The second kappa shape index (κ2) is 7.63. The smallest absolute Gasteiger partial charge is 0.259 e. The number of hydrogen-bond acceptors (Lipinski definition) is 4. The number of carbonyl (C=O) groups is 2. The lowest BCUT2D eigenvalue weighted by atomic mass is 10.2. The van der Waals surface area contributed by atoms with Gasteiger partial charge < -0.3 is 5.32 Å². The van der Waals surface area contributed by atoms with Crippen molar-refractivity contribution in [2.75, 3.05) is 6.54 Å². The molecule has 0 aliphatic rings. The Balaban J connectivity index is 1.77. The van der Waals surface area contributed by atoms with Crippen LogP contribution in [0.1, 0.15) is 15.9 Å². The molecule has 7 heteroatoms. The molecule has 0 atom stereocenters. The molecule has 1 aromatic heterocycles. The molecule has 0 fully saturated rings. The maximum atomic E-state index is 12.7. The van der Waals surface area contributed by atoms with Gasteiger partial charge in [-0.2, -0.15) is 5.10 Å². The lowest BCUT2D eigenvalue weighted by Crippen LogP contribution is -2.34. The average molecular weight is 300 g/mol. The lowest BCUT2D eigenvalue weighted by Gasteiger charge is -2.04. The number of carbonyl (C=O) groups excluding carboxylic acids is 2. The molecule has 6 nitrogen and oxygen atoms in total. The van der Waals surface area contributed by atoms with Crippen molar-refractivity contribution in [3.63, 3.8) is 0 Å². The third kappa shape index (κ3) is 4.78. The highest BCUT2D eigenvalue weighted by atomic mass is 19.1. The minimum atomic E-state index is -0.472. The molecule has 0 aliphatic carbocycles. The van der Waals surface area contributed by atoms with Crippen LogP contribution in [-0.2, 0) is 4.79 Å². The first-order valence-corrected chi connectivity index (χ1v) is 6.41. The average Bonchev–Trinajstić information content (AvgIpc) is 2.54. The van der Waals surface area contributed by atoms with Crippen molar-refractivity contribution in [3.05, 3.63) is 65.7 Å². The van der Waals surface area contributed by atoms with Gasteiger partial charge in [0.15, 0.2) is 0 Å². The highest BCUT2D eigenvalue weighted by Crippen LogP contribution is 2.02. The number of aromatic nitrogens is 1. The van der Waals surface area contributed by atoms with E-state index in [1.807, 2.05) is 0 Å². The van der Waals surface area contributed by atoms with Crippen LogP contribution in [0.2, 0.25) is 0 Å². The van der Waals surface area contributed by atoms with Crippen LogP contribution >= 0.6 is 0 Å². The topological polar surface area (TPSA) is 83.5 Å². The molecule has 1 heterocycles. The van der Waals surface area contributed by atoms with Crippen LogP contribution < -0.4 is 10.7 Å². The molecule has 0 spiro atoms. The SMILES string of the molecule is O=C(CNC(=O)c1ccc(F)cc1)N/N=C\c1ccncc1. The van der Waals surface area contributed by atoms with Crippen LogP contribution in [0, 0.1) is 5.82 Å². The second-order valence-electron chi connectivity index (χ2n) is 4.26. The van der Waals surface area contributed by atoms with Crippen molar-refractivity contribution < 1.29 is 14.0 Å². The highest BCUT2D eigenvalue weighted by Gasteiger charge is 2.07. The summed E-state index contributed by atoms with van der Waals surface area (Å²) < 4.78 is 12.7. The summed E-state index contributed by atoms with van der Waals surface area (Å²) in [7, 11) is 0. The van der Waals surface area contributed by atoms with Gasteiger partial charge in [0.25, 0.3) is 11.8 Å². The van der Waals surface area contributed by atoms with Gasteiger partial charge in [0.2, 0.25) is 0 Å². The highest BCUT2D eigenvalue weighted by molar-refractivity contribution is 5.96. The van der Waals surface area contributed by atoms with Gasteiger partial charge in [-0.3, -0.25) is 14.6 Å². The Morgan fingerprint density at radius 2 is 1.82 bits per heavy atom. The summed E-state index contributed by atoms with van der Waals surface area (Å²) in [6.07, 6.45) is 4.67. The predicted molar refractivity (Wildman–Crippen MR) is 78.7 cm³/mol. The van der Waals surface area contributed by atoms with Crippen molar-refractivity contribution in [2.45, 2.75) is 0 Å². The van der Waals surface area contributed by atoms with Crippen LogP contribution in [0.25, 0.3) is 0 Å². The van der Waals surface area contributed by atoms with Crippen LogP contribution in [0.15, 0.2) is 53.9 Å². The summed E-state index contributed by atoms with van der Waals surface area (Å²) in [6, 6.07) is 8.48. The number of benzene rings is 1.